The first-order chi connectivity index (χ1) is 16.6. The van der Waals surface area contributed by atoms with E-state index >= 15 is 0 Å². The largest absolute Gasteiger partial charge is 0.345 e. The molecule has 0 aliphatic carbocycles. The predicted molar refractivity (Wildman–Crippen MR) is 129 cm³/mol. The van der Waals surface area contributed by atoms with Gasteiger partial charge in [0.2, 0.25) is 0 Å². The number of aryl methyl sites for hydroxylation is 1. The van der Waals surface area contributed by atoms with Crippen molar-refractivity contribution >= 4 is 17.1 Å². The first-order valence-electron chi connectivity index (χ1n) is 11.7. The number of likely N-dealkylation sites (tertiary alicyclic amines) is 1. The average molecular weight is 452 g/mol. The topological polar surface area (TPSA) is 91.7 Å². The fraction of sp³-hybridized carbons (Fsp3) is 0.308. The Labute approximate surface area is 197 Å². The second-order valence-corrected chi connectivity index (χ2v) is 8.98. The van der Waals surface area contributed by atoms with E-state index in [0.29, 0.717) is 6.54 Å². The molecule has 170 valence electrons. The summed E-state index contributed by atoms with van der Waals surface area (Å²) in [6, 6.07) is 8.11. The van der Waals surface area contributed by atoms with Crippen LogP contribution in [0.15, 0.2) is 49.1 Å². The number of amides is 2. The number of H-pyrrole nitrogens is 1. The van der Waals surface area contributed by atoms with Crippen molar-refractivity contribution in [3.05, 3.63) is 65.9 Å². The van der Waals surface area contributed by atoms with E-state index in [1.807, 2.05) is 36.4 Å². The summed E-state index contributed by atoms with van der Waals surface area (Å²) in [4.78, 5) is 26.2. The summed E-state index contributed by atoms with van der Waals surface area (Å²) in [6.45, 7) is 5.00. The number of hydrogen-bond donors (Lipinski definition) is 2. The number of rotatable bonds is 2. The van der Waals surface area contributed by atoms with E-state index in [0.717, 1.165) is 65.9 Å². The van der Waals surface area contributed by atoms with Crippen LogP contribution < -0.4 is 5.32 Å². The van der Waals surface area contributed by atoms with Crippen LogP contribution in [0.1, 0.15) is 36.6 Å². The normalized spacial score (nSPS) is 18.8. The van der Waals surface area contributed by atoms with E-state index in [9.17, 15) is 4.79 Å². The molecule has 0 aromatic carbocycles. The second-order valence-electron chi connectivity index (χ2n) is 8.98. The van der Waals surface area contributed by atoms with E-state index < -0.39 is 0 Å². The van der Waals surface area contributed by atoms with Crippen LogP contribution in [0.3, 0.4) is 0 Å². The Morgan fingerprint density at radius 3 is 2.91 bits per heavy atom. The monoisotopic (exact) mass is 451 g/mol. The number of carbonyl (C=O) groups excluding carboxylic acids is 1. The molecular formula is C26H25N7O. The fourth-order valence-electron chi connectivity index (χ4n) is 5.15. The molecule has 1 fully saturated rings. The van der Waals surface area contributed by atoms with Crippen LogP contribution in [0, 0.1) is 11.8 Å². The molecule has 2 aliphatic rings. The molecule has 4 aromatic rings. The molecule has 4 aromatic heterocycles. The average Bonchev–Trinajstić information content (AvgIpc) is 3.64. The molecule has 1 unspecified atom stereocenters. The number of urea groups is 1. The number of carbonyl (C=O) groups is 1. The Kier molecular flexibility index (Phi) is 4.84. The van der Waals surface area contributed by atoms with Crippen molar-refractivity contribution in [1.29, 1.82) is 0 Å². The number of aromatic nitrogens is 5. The summed E-state index contributed by atoms with van der Waals surface area (Å²) in [6.07, 6.45) is 9.23. The number of aromatic amines is 1. The van der Waals surface area contributed by atoms with Gasteiger partial charge in [-0.25, -0.2) is 9.78 Å². The lowest BCUT2D eigenvalue weighted by Gasteiger charge is -2.23. The third-order valence-electron chi connectivity index (χ3n) is 6.94. The molecule has 2 N–H and O–H groups in total. The van der Waals surface area contributed by atoms with Crippen molar-refractivity contribution < 1.29 is 4.79 Å². The van der Waals surface area contributed by atoms with Gasteiger partial charge in [0.1, 0.15) is 5.65 Å². The Hall–Kier alpha value is -4.12. The Bertz CT molecular complexity index is 1440. The molecule has 8 nitrogen and oxygen atoms in total. The predicted octanol–water partition coefficient (Wildman–Crippen LogP) is 3.30. The van der Waals surface area contributed by atoms with Gasteiger partial charge in [-0.1, -0.05) is 11.8 Å². The van der Waals surface area contributed by atoms with E-state index in [1.165, 1.54) is 5.69 Å². The van der Waals surface area contributed by atoms with Crippen LogP contribution in [-0.4, -0.2) is 55.3 Å². The van der Waals surface area contributed by atoms with Gasteiger partial charge in [0, 0.05) is 78.6 Å². The third kappa shape index (κ3) is 3.41. The maximum atomic E-state index is 12.4. The number of pyridine rings is 2. The molecule has 0 bridgehead atoms. The zero-order valence-corrected chi connectivity index (χ0v) is 19.0. The molecule has 1 saturated heterocycles. The molecule has 34 heavy (non-hydrogen) atoms. The summed E-state index contributed by atoms with van der Waals surface area (Å²) in [5.41, 5.74) is 5.72. The first kappa shape index (κ1) is 20.5. The number of nitrogens with one attached hydrogen (secondary N) is 2. The number of nitrogens with zero attached hydrogens (tertiary/aromatic N) is 5. The van der Waals surface area contributed by atoms with Gasteiger partial charge < -0.3 is 15.2 Å². The quantitative estimate of drug-likeness (QED) is 0.458. The highest BCUT2D eigenvalue weighted by molar-refractivity contribution is 5.87. The summed E-state index contributed by atoms with van der Waals surface area (Å²) >= 11 is 0. The van der Waals surface area contributed by atoms with Gasteiger partial charge in [0.25, 0.3) is 0 Å². The minimum absolute atomic E-state index is 0.0108. The molecule has 0 radical (unpaired) electrons. The van der Waals surface area contributed by atoms with Crippen LogP contribution in [0.4, 0.5) is 4.79 Å². The molecule has 0 saturated carbocycles. The SMILES string of the molecule is CCNC(=O)N1CCC2(CCn3nc(-c4cnc5[nH]cc(C#Cc6ccncc6)c5c4)cc32)C1. The van der Waals surface area contributed by atoms with Crippen LogP contribution in [0.25, 0.3) is 22.3 Å². The standard InChI is InChI=1S/C26H25N7O/c1-2-28-25(34)32-11-7-26(17-32)8-12-33-23(26)14-22(31-33)20-13-21-19(15-29-24(21)30-16-20)4-3-18-5-9-27-10-6-18/h5-6,9-10,13-16H,2,7-8,11-12,17H2,1H3,(H,28,34)(H,29,30). The fourth-order valence-corrected chi connectivity index (χ4v) is 5.15. The molecule has 1 atom stereocenters. The summed E-state index contributed by atoms with van der Waals surface area (Å²) in [5.74, 6) is 6.44. The van der Waals surface area contributed by atoms with Crippen molar-refractivity contribution in [3.8, 4) is 23.1 Å². The summed E-state index contributed by atoms with van der Waals surface area (Å²) in [7, 11) is 0. The lowest BCUT2D eigenvalue weighted by Crippen LogP contribution is -2.40. The van der Waals surface area contributed by atoms with Crippen molar-refractivity contribution in [2.45, 2.75) is 31.7 Å². The van der Waals surface area contributed by atoms with Gasteiger partial charge >= 0.3 is 6.03 Å². The van der Waals surface area contributed by atoms with Crippen molar-refractivity contribution in [1.82, 2.24) is 34.9 Å². The van der Waals surface area contributed by atoms with E-state index in [2.05, 4.69) is 48.9 Å². The Morgan fingerprint density at radius 1 is 1.21 bits per heavy atom. The highest BCUT2D eigenvalue weighted by Gasteiger charge is 2.46. The van der Waals surface area contributed by atoms with Gasteiger partial charge in [-0.2, -0.15) is 5.10 Å². The highest BCUT2D eigenvalue weighted by Crippen LogP contribution is 2.43. The molecular weight excluding hydrogens is 426 g/mol. The van der Waals surface area contributed by atoms with Crippen molar-refractivity contribution in [2.24, 2.45) is 0 Å². The maximum Gasteiger partial charge on any atom is 0.317 e. The molecule has 8 heteroatoms. The molecule has 6 heterocycles. The number of hydrogen-bond acceptors (Lipinski definition) is 4. The van der Waals surface area contributed by atoms with Crippen LogP contribution in [0.5, 0.6) is 0 Å². The summed E-state index contributed by atoms with van der Waals surface area (Å²) in [5, 5.41) is 8.81. The third-order valence-corrected chi connectivity index (χ3v) is 6.94. The Morgan fingerprint density at radius 2 is 2.06 bits per heavy atom. The minimum Gasteiger partial charge on any atom is -0.345 e. The van der Waals surface area contributed by atoms with Crippen molar-refractivity contribution in [2.75, 3.05) is 19.6 Å². The van der Waals surface area contributed by atoms with Gasteiger partial charge in [0.15, 0.2) is 0 Å². The van der Waals surface area contributed by atoms with Crippen molar-refractivity contribution in [3.63, 3.8) is 0 Å². The summed E-state index contributed by atoms with van der Waals surface area (Å²) < 4.78 is 2.11. The van der Waals surface area contributed by atoms with Crippen LogP contribution in [0.2, 0.25) is 0 Å². The zero-order valence-electron chi connectivity index (χ0n) is 19.0. The van der Waals surface area contributed by atoms with Gasteiger partial charge in [-0.3, -0.25) is 9.67 Å². The minimum atomic E-state index is -0.0108. The van der Waals surface area contributed by atoms with E-state index in [1.54, 1.807) is 12.4 Å². The second kappa shape index (κ2) is 8.03. The number of fused-ring (bicyclic) bond motifs is 3. The van der Waals surface area contributed by atoms with Crippen LogP contribution in [-0.2, 0) is 12.0 Å². The first-order valence-corrected chi connectivity index (χ1v) is 11.7. The van der Waals surface area contributed by atoms with Gasteiger partial charge in [-0.05, 0) is 44.0 Å². The lowest BCUT2D eigenvalue weighted by molar-refractivity contribution is 0.206. The molecule has 1 spiro atoms. The Balaban J connectivity index is 1.31. The zero-order chi connectivity index (χ0) is 23.1. The van der Waals surface area contributed by atoms with E-state index in [-0.39, 0.29) is 11.4 Å². The molecule has 2 amide bonds. The van der Waals surface area contributed by atoms with E-state index in [4.69, 9.17) is 5.10 Å². The smallest absolute Gasteiger partial charge is 0.317 e. The van der Waals surface area contributed by atoms with Gasteiger partial charge in [0.05, 0.1) is 11.3 Å². The van der Waals surface area contributed by atoms with Gasteiger partial charge in [-0.15, -0.1) is 0 Å². The van der Waals surface area contributed by atoms with Crippen LogP contribution >= 0.6 is 0 Å². The molecule has 6 rings (SSSR count). The lowest BCUT2D eigenvalue weighted by atomic mass is 9.82. The highest BCUT2D eigenvalue weighted by atomic mass is 16.2. The maximum absolute atomic E-state index is 12.4. The molecule has 2 aliphatic heterocycles.